The van der Waals surface area contributed by atoms with Crippen LogP contribution in [0.25, 0.3) is 0 Å². The van der Waals surface area contributed by atoms with Crippen LogP contribution < -0.4 is 5.32 Å². The first-order valence-corrected chi connectivity index (χ1v) is 7.23. The van der Waals surface area contributed by atoms with Crippen molar-refractivity contribution in [3.8, 4) is 0 Å². The third-order valence-corrected chi connectivity index (χ3v) is 3.63. The Kier molecular flexibility index (Phi) is 5.97. The van der Waals surface area contributed by atoms with Crippen LogP contribution in [0.3, 0.4) is 0 Å². The molecule has 116 valence electrons. The van der Waals surface area contributed by atoms with Crippen LogP contribution in [0.1, 0.15) is 36.3 Å². The van der Waals surface area contributed by atoms with Crippen molar-refractivity contribution in [1.29, 1.82) is 0 Å². The predicted octanol–water partition coefficient (Wildman–Crippen LogP) is 3.28. The van der Waals surface area contributed by atoms with Crippen molar-refractivity contribution < 1.29 is 17.9 Å². The zero-order chi connectivity index (χ0) is 15.4. The fourth-order valence-corrected chi connectivity index (χ4v) is 2.99. The summed E-state index contributed by atoms with van der Waals surface area (Å²) < 4.78 is 40.5. The fraction of sp³-hybridized carbons (Fsp3) is 0.769. The molecule has 1 heterocycles. The number of hydrogen-bond donors (Lipinski definition) is 1. The number of thiazole rings is 1. The SMILES string of the molecule is CNCc1sc(CCOCC(F)(F)F)nc1C(C)(C)C. The number of halogens is 3. The van der Waals surface area contributed by atoms with Gasteiger partial charge >= 0.3 is 6.18 Å². The minimum absolute atomic E-state index is 0.0373. The highest BCUT2D eigenvalue weighted by Crippen LogP contribution is 2.29. The summed E-state index contributed by atoms with van der Waals surface area (Å²) in [5.74, 6) is 0. The number of nitrogens with one attached hydrogen (secondary N) is 1. The van der Waals surface area contributed by atoms with Gasteiger partial charge in [-0.2, -0.15) is 13.2 Å². The minimum Gasteiger partial charge on any atom is -0.372 e. The molecule has 1 N–H and O–H groups in total. The molecule has 1 aromatic heterocycles. The molecule has 20 heavy (non-hydrogen) atoms. The van der Waals surface area contributed by atoms with Crippen LogP contribution in [0, 0.1) is 0 Å². The van der Waals surface area contributed by atoms with Gasteiger partial charge in [0.15, 0.2) is 0 Å². The zero-order valence-corrected chi connectivity index (χ0v) is 13.0. The van der Waals surface area contributed by atoms with Crippen molar-refractivity contribution in [3.05, 3.63) is 15.6 Å². The Bertz CT molecular complexity index is 424. The molecule has 0 aliphatic carbocycles. The van der Waals surface area contributed by atoms with Gasteiger partial charge in [0.1, 0.15) is 6.61 Å². The quantitative estimate of drug-likeness (QED) is 0.819. The standard InChI is InChI=1S/C13H21F3N2OS/c1-12(2,3)11-9(7-17-4)20-10(18-11)5-6-19-8-13(14,15)16/h17H,5-8H2,1-4H3. The van der Waals surface area contributed by atoms with Crippen molar-refractivity contribution in [2.75, 3.05) is 20.3 Å². The van der Waals surface area contributed by atoms with E-state index >= 15 is 0 Å². The van der Waals surface area contributed by atoms with Crippen LogP contribution in [0.5, 0.6) is 0 Å². The molecule has 7 heteroatoms. The Morgan fingerprint density at radius 2 is 1.90 bits per heavy atom. The lowest BCUT2D eigenvalue weighted by Gasteiger charge is -2.17. The van der Waals surface area contributed by atoms with Gasteiger partial charge in [0, 0.05) is 23.3 Å². The molecular weight excluding hydrogens is 289 g/mol. The Morgan fingerprint density at radius 3 is 2.40 bits per heavy atom. The summed E-state index contributed by atoms with van der Waals surface area (Å²) in [7, 11) is 1.86. The number of nitrogens with zero attached hydrogens (tertiary/aromatic N) is 1. The molecule has 0 unspecified atom stereocenters. The molecule has 0 fully saturated rings. The normalized spacial score (nSPS) is 12.9. The van der Waals surface area contributed by atoms with E-state index in [4.69, 9.17) is 0 Å². The van der Waals surface area contributed by atoms with Gasteiger partial charge in [-0.1, -0.05) is 20.8 Å². The minimum atomic E-state index is -4.27. The molecule has 0 spiro atoms. The maximum atomic E-state index is 12.0. The first kappa shape index (κ1) is 17.4. The van der Waals surface area contributed by atoms with Crippen LogP contribution in [-0.2, 0) is 23.1 Å². The number of rotatable bonds is 6. The van der Waals surface area contributed by atoms with Gasteiger partial charge in [0.25, 0.3) is 0 Å². The molecule has 1 aromatic rings. The second-order valence-corrected chi connectivity index (χ2v) is 6.75. The highest BCUT2D eigenvalue weighted by molar-refractivity contribution is 7.11. The van der Waals surface area contributed by atoms with Crippen LogP contribution in [0.15, 0.2) is 0 Å². The van der Waals surface area contributed by atoms with Gasteiger partial charge < -0.3 is 10.1 Å². The number of aromatic nitrogens is 1. The molecule has 0 radical (unpaired) electrons. The van der Waals surface area contributed by atoms with E-state index in [1.807, 2.05) is 7.05 Å². The smallest absolute Gasteiger partial charge is 0.372 e. The fourth-order valence-electron chi connectivity index (χ4n) is 1.72. The molecule has 0 aliphatic heterocycles. The van der Waals surface area contributed by atoms with E-state index in [-0.39, 0.29) is 12.0 Å². The van der Waals surface area contributed by atoms with Crippen LogP contribution in [0.4, 0.5) is 13.2 Å². The Balaban J connectivity index is 2.63. The topological polar surface area (TPSA) is 34.1 Å². The maximum Gasteiger partial charge on any atom is 0.411 e. The monoisotopic (exact) mass is 310 g/mol. The van der Waals surface area contributed by atoms with Crippen molar-refractivity contribution in [1.82, 2.24) is 10.3 Å². The first-order chi connectivity index (χ1) is 9.13. The molecule has 0 saturated heterocycles. The Hall–Kier alpha value is -0.660. The predicted molar refractivity (Wildman–Crippen MR) is 74.2 cm³/mol. The molecule has 0 saturated carbocycles. The van der Waals surface area contributed by atoms with Crippen molar-refractivity contribution in [2.45, 2.75) is 45.3 Å². The Morgan fingerprint density at radius 1 is 1.25 bits per heavy atom. The third-order valence-electron chi connectivity index (χ3n) is 2.52. The van der Waals surface area contributed by atoms with Crippen LogP contribution in [-0.4, -0.2) is 31.4 Å². The van der Waals surface area contributed by atoms with E-state index in [0.29, 0.717) is 13.0 Å². The molecule has 0 amide bonds. The molecule has 3 nitrogen and oxygen atoms in total. The lowest BCUT2D eigenvalue weighted by atomic mass is 9.91. The molecule has 0 aliphatic rings. The van der Waals surface area contributed by atoms with E-state index in [1.54, 1.807) is 0 Å². The summed E-state index contributed by atoms with van der Waals surface area (Å²) in [5.41, 5.74) is 0.927. The maximum absolute atomic E-state index is 12.0. The summed E-state index contributed by atoms with van der Waals surface area (Å²) in [6.45, 7) is 5.78. The summed E-state index contributed by atoms with van der Waals surface area (Å²) in [4.78, 5) is 5.68. The highest BCUT2D eigenvalue weighted by Gasteiger charge is 2.27. The lowest BCUT2D eigenvalue weighted by Crippen LogP contribution is -2.18. The number of ether oxygens (including phenoxy) is 1. The van der Waals surface area contributed by atoms with Crippen molar-refractivity contribution in [3.63, 3.8) is 0 Å². The van der Waals surface area contributed by atoms with Gasteiger partial charge in [-0.15, -0.1) is 11.3 Å². The lowest BCUT2D eigenvalue weighted by molar-refractivity contribution is -0.173. The van der Waals surface area contributed by atoms with Gasteiger partial charge in [0.05, 0.1) is 17.3 Å². The largest absolute Gasteiger partial charge is 0.411 e. The van der Waals surface area contributed by atoms with Crippen molar-refractivity contribution >= 4 is 11.3 Å². The summed E-state index contributed by atoms with van der Waals surface area (Å²) in [6, 6.07) is 0. The summed E-state index contributed by atoms with van der Waals surface area (Å²) in [5, 5.41) is 3.91. The van der Waals surface area contributed by atoms with Crippen LogP contribution in [0.2, 0.25) is 0 Å². The van der Waals surface area contributed by atoms with Gasteiger partial charge in [-0.05, 0) is 7.05 Å². The molecule has 0 aromatic carbocycles. The molecular formula is C13H21F3N2OS. The van der Waals surface area contributed by atoms with E-state index in [0.717, 1.165) is 15.6 Å². The summed E-state index contributed by atoms with van der Waals surface area (Å²) >= 11 is 1.53. The van der Waals surface area contributed by atoms with Gasteiger partial charge in [-0.3, -0.25) is 0 Å². The molecule has 1 rings (SSSR count). The van der Waals surface area contributed by atoms with Gasteiger partial charge in [0.2, 0.25) is 0 Å². The summed E-state index contributed by atoms with van der Waals surface area (Å²) in [6.07, 6.45) is -3.86. The van der Waals surface area contributed by atoms with E-state index in [1.165, 1.54) is 11.3 Å². The van der Waals surface area contributed by atoms with E-state index < -0.39 is 12.8 Å². The van der Waals surface area contributed by atoms with Crippen LogP contribution >= 0.6 is 11.3 Å². The second kappa shape index (κ2) is 6.87. The highest BCUT2D eigenvalue weighted by atomic mass is 32.1. The molecule has 0 bridgehead atoms. The third kappa shape index (κ3) is 5.76. The molecule has 0 atom stereocenters. The number of hydrogen-bond acceptors (Lipinski definition) is 4. The Labute approximate surface area is 121 Å². The number of alkyl halides is 3. The van der Waals surface area contributed by atoms with E-state index in [2.05, 4.69) is 35.8 Å². The average molecular weight is 310 g/mol. The van der Waals surface area contributed by atoms with E-state index in [9.17, 15) is 13.2 Å². The van der Waals surface area contributed by atoms with Crippen molar-refractivity contribution in [2.24, 2.45) is 0 Å². The first-order valence-electron chi connectivity index (χ1n) is 6.41. The zero-order valence-electron chi connectivity index (χ0n) is 12.2. The van der Waals surface area contributed by atoms with Gasteiger partial charge in [-0.25, -0.2) is 4.98 Å². The second-order valence-electron chi connectivity index (χ2n) is 5.58. The average Bonchev–Trinajstić information content (AvgIpc) is 2.67.